The molecule has 0 spiro atoms. The Bertz CT molecular complexity index is 419. The number of carbonyl (C=O) groups excluding carboxylic acids is 3. The van der Waals surface area contributed by atoms with Crippen molar-refractivity contribution >= 4 is 29.6 Å². The summed E-state index contributed by atoms with van der Waals surface area (Å²) in [7, 11) is 0. The smallest absolute Gasteiger partial charge is 0.364 e. The summed E-state index contributed by atoms with van der Waals surface area (Å²) in [4.78, 5) is 35.9. The topological polar surface area (TPSA) is 72.5 Å². The van der Waals surface area contributed by atoms with Gasteiger partial charge in [0.15, 0.2) is 5.78 Å². The highest BCUT2D eigenvalue weighted by molar-refractivity contribution is 6.31. The van der Waals surface area contributed by atoms with Crippen molar-refractivity contribution in [3.8, 4) is 0 Å². The number of nitrogens with one attached hydrogen (secondary N) is 1. The van der Waals surface area contributed by atoms with Crippen LogP contribution in [0, 0.1) is 0 Å². The number of halogens is 1. The van der Waals surface area contributed by atoms with Gasteiger partial charge in [-0.1, -0.05) is 23.7 Å². The van der Waals surface area contributed by atoms with E-state index in [4.69, 9.17) is 11.6 Å². The number of aldehydes is 1. The first-order chi connectivity index (χ1) is 7.63. The zero-order valence-corrected chi connectivity index (χ0v) is 8.86. The van der Waals surface area contributed by atoms with E-state index in [0.29, 0.717) is 10.6 Å². The molecule has 1 aromatic carbocycles. The van der Waals surface area contributed by atoms with Crippen LogP contribution in [0.5, 0.6) is 0 Å². The van der Waals surface area contributed by atoms with Crippen molar-refractivity contribution in [3.05, 3.63) is 34.9 Å². The van der Waals surface area contributed by atoms with E-state index < -0.39 is 5.97 Å². The lowest BCUT2D eigenvalue weighted by Gasteiger charge is -2.02. The van der Waals surface area contributed by atoms with E-state index in [1.54, 1.807) is 18.2 Å². The van der Waals surface area contributed by atoms with E-state index in [0.717, 1.165) is 0 Å². The van der Waals surface area contributed by atoms with Gasteiger partial charge >= 0.3 is 5.97 Å². The third-order valence-corrected chi connectivity index (χ3v) is 1.88. The number of rotatable bonds is 5. The largest absolute Gasteiger partial charge is 0.389 e. The second-order valence-corrected chi connectivity index (χ2v) is 3.23. The fraction of sp³-hybridized carbons (Fsp3) is 0.100. The summed E-state index contributed by atoms with van der Waals surface area (Å²) in [5, 5.41) is 0.440. The molecule has 0 radical (unpaired) electrons. The van der Waals surface area contributed by atoms with E-state index in [1.165, 1.54) is 6.07 Å². The normalized spacial score (nSPS) is 9.56. The van der Waals surface area contributed by atoms with Gasteiger partial charge in [0.05, 0.1) is 6.54 Å². The summed E-state index contributed by atoms with van der Waals surface area (Å²) in [6, 6.07) is 6.34. The highest BCUT2D eigenvalue weighted by Crippen LogP contribution is 2.10. The monoisotopic (exact) mass is 241 g/mol. The molecule has 0 aliphatic carbocycles. The molecule has 1 rings (SSSR count). The summed E-state index contributed by atoms with van der Waals surface area (Å²) in [5.74, 6) is -1.39. The molecule has 84 valence electrons. The minimum atomic E-state index is -1.08. The SMILES string of the molecule is O=CC(=O)ONCC(=O)c1cccc(Cl)c1. The summed E-state index contributed by atoms with van der Waals surface area (Å²) in [5.41, 5.74) is 2.47. The van der Waals surface area contributed by atoms with Gasteiger partial charge in [-0.3, -0.25) is 9.59 Å². The molecule has 16 heavy (non-hydrogen) atoms. The summed E-state index contributed by atoms with van der Waals surface area (Å²) in [6.07, 6.45) is -0.00311. The average Bonchev–Trinajstić information content (AvgIpc) is 2.28. The molecule has 0 fully saturated rings. The van der Waals surface area contributed by atoms with Crippen LogP contribution in [-0.2, 0) is 14.4 Å². The molecule has 0 saturated heterocycles. The van der Waals surface area contributed by atoms with Crippen molar-refractivity contribution in [3.63, 3.8) is 0 Å². The number of hydrogen-bond acceptors (Lipinski definition) is 5. The highest BCUT2D eigenvalue weighted by atomic mass is 35.5. The molecule has 0 amide bonds. The van der Waals surface area contributed by atoms with Crippen LogP contribution < -0.4 is 5.48 Å². The summed E-state index contributed by atoms with van der Waals surface area (Å²) < 4.78 is 0. The molecule has 6 heteroatoms. The first kappa shape index (κ1) is 12.4. The van der Waals surface area contributed by atoms with Crippen LogP contribution in [0.4, 0.5) is 0 Å². The molecule has 5 nitrogen and oxygen atoms in total. The summed E-state index contributed by atoms with van der Waals surface area (Å²) >= 11 is 5.69. The van der Waals surface area contributed by atoms with Crippen molar-refractivity contribution in [2.24, 2.45) is 0 Å². The van der Waals surface area contributed by atoms with Gasteiger partial charge in [0.2, 0.25) is 6.29 Å². The number of carbonyl (C=O) groups is 3. The van der Waals surface area contributed by atoms with E-state index in [1.807, 2.05) is 0 Å². The van der Waals surface area contributed by atoms with E-state index >= 15 is 0 Å². The lowest BCUT2D eigenvalue weighted by molar-refractivity contribution is -0.154. The molecular formula is C10H8ClNO4. The second kappa shape index (κ2) is 5.99. The number of hydroxylamine groups is 1. The van der Waals surface area contributed by atoms with Gasteiger partial charge in [-0.15, -0.1) is 5.48 Å². The first-order valence-corrected chi connectivity index (χ1v) is 4.69. The molecular weight excluding hydrogens is 234 g/mol. The Balaban J connectivity index is 2.47. The Morgan fingerprint density at radius 2 is 2.19 bits per heavy atom. The predicted octanol–water partition coefficient (Wildman–Crippen LogP) is 0.769. The van der Waals surface area contributed by atoms with Crippen molar-refractivity contribution in [1.82, 2.24) is 5.48 Å². The number of benzene rings is 1. The maximum Gasteiger partial charge on any atom is 0.389 e. The van der Waals surface area contributed by atoms with Gasteiger partial charge < -0.3 is 4.84 Å². The van der Waals surface area contributed by atoms with Gasteiger partial charge in [0, 0.05) is 10.6 Å². The third-order valence-electron chi connectivity index (χ3n) is 1.65. The minimum Gasteiger partial charge on any atom is -0.364 e. The van der Waals surface area contributed by atoms with Crippen LogP contribution in [0.3, 0.4) is 0 Å². The maximum atomic E-state index is 11.5. The van der Waals surface area contributed by atoms with Crippen LogP contribution in [0.2, 0.25) is 5.02 Å². The van der Waals surface area contributed by atoms with Crippen molar-refractivity contribution < 1.29 is 19.2 Å². The lowest BCUT2D eigenvalue weighted by Crippen LogP contribution is -2.26. The zero-order chi connectivity index (χ0) is 12.0. The van der Waals surface area contributed by atoms with Gasteiger partial charge in [-0.25, -0.2) is 4.79 Å². The lowest BCUT2D eigenvalue weighted by atomic mass is 10.1. The Labute approximate surface area is 96.3 Å². The summed E-state index contributed by atoms with van der Waals surface area (Å²) in [6.45, 7) is -0.222. The molecule has 1 aromatic rings. The first-order valence-electron chi connectivity index (χ1n) is 4.31. The Hall–Kier alpha value is -1.72. The predicted molar refractivity (Wildman–Crippen MR) is 55.9 cm³/mol. The van der Waals surface area contributed by atoms with E-state index in [9.17, 15) is 14.4 Å². The molecule has 0 heterocycles. The molecule has 1 N–H and O–H groups in total. The van der Waals surface area contributed by atoms with Crippen LogP contribution in [0.25, 0.3) is 0 Å². The Kier molecular flexibility index (Phi) is 4.63. The Morgan fingerprint density at radius 1 is 1.44 bits per heavy atom. The van der Waals surface area contributed by atoms with Gasteiger partial charge in [0.1, 0.15) is 0 Å². The fourth-order valence-corrected chi connectivity index (χ4v) is 1.15. The molecule has 0 bridgehead atoms. The van der Waals surface area contributed by atoms with Crippen molar-refractivity contribution in [1.29, 1.82) is 0 Å². The molecule has 0 saturated carbocycles. The standard InChI is InChI=1S/C10H8ClNO4/c11-8-3-1-2-7(4-8)9(14)5-12-16-10(15)6-13/h1-4,6,12H,5H2. The van der Waals surface area contributed by atoms with E-state index in [-0.39, 0.29) is 18.6 Å². The quantitative estimate of drug-likeness (QED) is 0.357. The number of hydrogen-bond donors (Lipinski definition) is 1. The second-order valence-electron chi connectivity index (χ2n) is 2.79. The Morgan fingerprint density at radius 3 is 2.81 bits per heavy atom. The molecule has 0 aromatic heterocycles. The zero-order valence-electron chi connectivity index (χ0n) is 8.10. The van der Waals surface area contributed by atoms with Crippen LogP contribution in [-0.4, -0.2) is 24.6 Å². The van der Waals surface area contributed by atoms with Crippen LogP contribution >= 0.6 is 11.6 Å². The number of ketones is 1. The molecule has 0 aliphatic heterocycles. The molecule has 0 aliphatic rings. The minimum absolute atomic E-state index is 0.00311. The average molecular weight is 242 g/mol. The van der Waals surface area contributed by atoms with E-state index in [2.05, 4.69) is 10.3 Å². The van der Waals surface area contributed by atoms with Gasteiger partial charge in [-0.05, 0) is 12.1 Å². The third kappa shape index (κ3) is 3.80. The van der Waals surface area contributed by atoms with Gasteiger partial charge in [-0.2, -0.15) is 0 Å². The maximum absolute atomic E-state index is 11.5. The number of Topliss-reactive ketones (excluding diaryl/α,β-unsaturated/α-hetero) is 1. The van der Waals surface area contributed by atoms with Crippen molar-refractivity contribution in [2.45, 2.75) is 0 Å². The van der Waals surface area contributed by atoms with Crippen LogP contribution in [0.1, 0.15) is 10.4 Å². The fourth-order valence-electron chi connectivity index (χ4n) is 0.961. The highest BCUT2D eigenvalue weighted by Gasteiger charge is 2.07. The molecule has 0 unspecified atom stereocenters. The molecule has 0 atom stereocenters. The van der Waals surface area contributed by atoms with Crippen LogP contribution in [0.15, 0.2) is 24.3 Å². The van der Waals surface area contributed by atoms with Gasteiger partial charge in [0.25, 0.3) is 0 Å². The van der Waals surface area contributed by atoms with Crippen molar-refractivity contribution in [2.75, 3.05) is 6.54 Å².